The molecule has 0 unspecified atom stereocenters. The summed E-state index contributed by atoms with van der Waals surface area (Å²) in [6, 6.07) is 36.1. The molecule has 91 heavy (non-hydrogen) atoms. The number of methoxy groups -OCH3 is 2. The van der Waals surface area contributed by atoms with Crippen LogP contribution in [0.15, 0.2) is 108 Å². The average molecular weight is 2080 g/mol. The molecule has 0 radical (unpaired) electrons. The van der Waals surface area contributed by atoms with Gasteiger partial charge in [0.1, 0.15) is 23.0 Å². The van der Waals surface area contributed by atoms with Gasteiger partial charge in [-0.3, -0.25) is 9.80 Å². The number of aromatic hydroxyl groups is 2. The molecule has 520 valence electrons. The molecule has 0 saturated heterocycles. The Morgan fingerprint density at radius 3 is 1.16 bits per heavy atom. The van der Waals surface area contributed by atoms with Crippen molar-refractivity contribution in [2.75, 3.05) is 60.9 Å². The molecule has 21 heteroatoms. The van der Waals surface area contributed by atoms with E-state index in [9.17, 15) is 10.2 Å². The van der Waals surface area contributed by atoms with Crippen LogP contribution >= 0.6 is 204 Å². The third-order valence-corrected chi connectivity index (χ3v) is 17.9. The molecule has 4 aliphatic rings. The molecule has 0 spiro atoms. The Balaban J connectivity index is -0.00000107. The third kappa shape index (κ3) is 35.7. The first-order valence-electron chi connectivity index (χ1n) is 30.6. The minimum atomic E-state index is -0.278. The fourth-order valence-electron chi connectivity index (χ4n) is 12.1. The Kier molecular flexibility index (Phi) is 62.1. The van der Waals surface area contributed by atoms with Crippen molar-refractivity contribution >= 4 is 204 Å². The Hall–Kier alpha value is 1.68. The number of hydrogen-bond acceptors (Lipinski definition) is 10. The van der Waals surface area contributed by atoms with E-state index in [1.807, 2.05) is 45.8 Å². The standard InChI is InChI=1S/C20H27NOS.C19H25NOS.C14H21NO.C13H19NO.CH2I2.CH3I.2CH4.3HI.4H2S.V/c1-3-12-21(13-11-18-7-5-14-23-18)17-9-10-19-16(15-17)6-4-8-20(19)22-2;1-2-11-20(12-10-17-6-4-13-22-17)16-8-9-18-15(14-16)5-3-7-19(18)21;1-3-9-15-12-7-8-13-11(10-12)5-4-6-14(13)16-2;1-2-8-14-11-6-7-12-10(9-11)4-3-5-13(12)15;2-1-3;1-2;;;;;;;;;;/h4-8,14,17H,3,9-13,15H2,1-2H3;3-7,13,16,21H,2,8-12,14H2,1H3;4-6,12,15H,3,7-10H2,1-2H3;3-5,11,14-15H,2,6-9H2,1H3;1H2;1H3;2*1H4;3*1H;4*1H2;/q;;;;;;;;;;;;;;;+3/p-3/t17-;16-;12-;11-;;;;;;;;;;;;/m0000............/s1. The number of nitrogens with one attached hydrogen (secondary N) is 2. The van der Waals surface area contributed by atoms with Crippen molar-refractivity contribution in [3.8, 4) is 23.0 Å². The van der Waals surface area contributed by atoms with Crippen LogP contribution in [-0.2, 0) is 69.1 Å². The fraction of sp³-hybridized carbons (Fsp3) is 0.543. The van der Waals surface area contributed by atoms with E-state index in [-0.39, 0.29) is 73.8 Å². The van der Waals surface area contributed by atoms with Crippen molar-refractivity contribution < 1.29 is 24.6 Å². The van der Waals surface area contributed by atoms with Crippen molar-refractivity contribution in [2.24, 2.45) is 0 Å². The van der Waals surface area contributed by atoms with Gasteiger partial charge in [-0.2, -0.15) is 54.0 Å². The first kappa shape index (κ1) is 96.9. The van der Waals surface area contributed by atoms with E-state index < -0.39 is 0 Å². The zero-order valence-electron chi connectivity index (χ0n) is 53.5. The average Bonchev–Trinajstić information content (AvgIpc) is 1.93. The van der Waals surface area contributed by atoms with Gasteiger partial charge in [0.15, 0.2) is 0 Å². The zero-order chi connectivity index (χ0) is 61.8. The van der Waals surface area contributed by atoms with Crippen molar-refractivity contribution in [1.82, 2.24) is 20.4 Å². The SMILES string of the molecule is C.C.CCCN(CCc1cccs1)[C@H]1CCc2c(O)cccc2C1.CCCN(CCc1cccs1)[C@H]1CCc2c(cccc2OC)C1.CCCN[C@H]1CCc2c(O)cccc2C1.CCCN[C@H]1CCc2c(cccc2OC)C1.CI.ICI.S.S.S.S.[I][V]([I])[I]. The van der Waals surface area contributed by atoms with Gasteiger partial charge in [-0.15, -0.1) is 22.7 Å². The number of alkyl halides is 3. The van der Waals surface area contributed by atoms with E-state index in [1.54, 1.807) is 20.3 Å². The van der Waals surface area contributed by atoms with Crippen LogP contribution in [-0.4, -0.2) is 105 Å². The van der Waals surface area contributed by atoms with Crippen molar-refractivity contribution in [3.63, 3.8) is 0 Å². The molecule has 4 atom stereocenters. The van der Waals surface area contributed by atoms with E-state index in [4.69, 9.17) is 9.47 Å². The van der Waals surface area contributed by atoms with Crippen LogP contribution in [0.3, 0.4) is 0 Å². The van der Waals surface area contributed by atoms with Crippen LogP contribution in [0.25, 0.3) is 0 Å². The van der Waals surface area contributed by atoms with Gasteiger partial charge in [0.25, 0.3) is 0 Å². The Morgan fingerprint density at radius 1 is 0.484 bits per heavy atom. The second-order valence-corrected chi connectivity index (χ2v) is 63.5. The van der Waals surface area contributed by atoms with Crippen LogP contribution in [0.4, 0.5) is 0 Å². The van der Waals surface area contributed by atoms with E-state index in [0.29, 0.717) is 35.7 Å². The summed E-state index contributed by atoms with van der Waals surface area (Å²) in [5.74, 6) is 3.09. The molecule has 0 saturated carbocycles. The van der Waals surface area contributed by atoms with Crippen LogP contribution in [0.5, 0.6) is 23.0 Å². The van der Waals surface area contributed by atoms with E-state index in [1.165, 1.54) is 116 Å². The Bertz CT molecular complexity index is 2710. The molecule has 4 aliphatic carbocycles. The van der Waals surface area contributed by atoms with Crippen molar-refractivity contribution in [1.29, 1.82) is 0 Å². The second kappa shape index (κ2) is 58.3. The predicted octanol–water partition coefficient (Wildman–Crippen LogP) is 20.9. The first-order valence-corrected chi connectivity index (χ1v) is 51.0. The number of nitrogens with zero attached hydrogens (tertiary/aromatic N) is 2. The molecule has 4 aromatic carbocycles. The summed E-state index contributed by atoms with van der Waals surface area (Å²) in [6.45, 7) is 15.9. The summed E-state index contributed by atoms with van der Waals surface area (Å²) in [7, 11) is 3.54. The van der Waals surface area contributed by atoms with Crippen molar-refractivity contribution in [3.05, 3.63) is 162 Å². The summed E-state index contributed by atoms with van der Waals surface area (Å²) in [4.78, 5) is 10.0. The molecule has 0 aliphatic heterocycles. The normalized spacial score (nSPS) is 16.0. The minimum absolute atomic E-state index is 0. The number of rotatable bonds is 20. The van der Waals surface area contributed by atoms with Gasteiger partial charge >= 0.3 is 64.9 Å². The molecule has 2 heterocycles. The number of thiophene rings is 2. The number of ether oxygens (including phenoxy) is 2. The molecule has 0 fully saturated rings. The number of phenolic OH excluding ortho intramolecular Hbond substituents is 2. The number of benzene rings is 4. The van der Waals surface area contributed by atoms with Gasteiger partial charge in [-0.25, -0.2) is 0 Å². The molecule has 2 aromatic heterocycles. The predicted molar refractivity (Wildman–Crippen MR) is 472 cm³/mol. The molecular weight excluding hydrogens is 1970 g/mol. The van der Waals surface area contributed by atoms with Gasteiger partial charge < -0.3 is 30.3 Å². The third-order valence-electron chi connectivity index (χ3n) is 16.1. The maximum absolute atomic E-state index is 10.0. The molecule has 0 bridgehead atoms. The van der Waals surface area contributed by atoms with Gasteiger partial charge in [0.05, 0.1) is 16.7 Å². The Morgan fingerprint density at radius 2 is 0.813 bits per heavy atom. The van der Waals surface area contributed by atoms with Crippen LogP contribution < -0.4 is 20.1 Å². The molecule has 0 amide bonds. The van der Waals surface area contributed by atoms with Crippen molar-refractivity contribution in [2.45, 2.75) is 182 Å². The molecule has 4 N–H and O–H groups in total. The van der Waals surface area contributed by atoms with Crippen LogP contribution in [0, 0.1) is 0 Å². The molecule has 8 nitrogen and oxygen atoms in total. The summed E-state index contributed by atoms with van der Waals surface area (Å²) in [5.41, 5.74) is 10.8. The van der Waals surface area contributed by atoms with E-state index >= 15 is 0 Å². The van der Waals surface area contributed by atoms with Gasteiger partial charge in [-0.1, -0.05) is 171 Å². The monoisotopic (exact) mass is 2080 g/mol. The maximum atomic E-state index is 10.0. The molecular formula is C70H113I6N4O4S6V. The van der Waals surface area contributed by atoms with Gasteiger partial charge in [0.2, 0.25) is 0 Å². The van der Waals surface area contributed by atoms with E-state index in [2.05, 4.69) is 259 Å². The number of hydrogen-bond donors (Lipinski definition) is 4. The fourth-order valence-corrected chi connectivity index (χ4v) is 13.5. The van der Waals surface area contributed by atoms with Crippen LogP contribution in [0.2, 0.25) is 0 Å². The summed E-state index contributed by atoms with van der Waals surface area (Å²) in [5, 5.41) is 31.2. The number of phenols is 2. The zero-order valence-corrected chi connectivity index (χ0v) is 73.5. The molecule has 6 aromatic rings. The first-order chi connectivity index (χ1) is 41.4. The summed E-state index contributed by atoms with van der Waals surface area (Å²) < 4.78 is 12.1. The quantitative estimate of drug-likeness (QED) is 0.0444. The van der Waals surface area contributed by atoms with E-state index in [0.717, 1.165) is 107 Å². The topological polar surface area (TPSA) is 89.5 Å². The Labute approximate surface area is 668 Å². The number of halogens is 6. The van der Waals surface area contributed by atoms with Gasteiger partial charge in [-0.05, 0) is 238 Å². The second-order valence-electron chi connectivity index (χ2n) is 21.6. The number of fused-ring (bicyclic) bond motifs is 4. The summed E-state index contributed by atoms with van der Waals surface area (Å²) in [6.07, 6.45) is 20.7. The summed E-state index contributed by atoms with van der Waals surface area (Å²) >= 11 is 17.8. The van der Waals surface area contributed by atoms with Gasteiger partial charge in [0, 0.05) is 47.0 Å². The molecule has 10 rings (SSSR count). The van der Waals surface area contributed by atoms with Crippen LogP contribution in [0.1, 0.15) is 148 Å².